The summed E-state index contributed by atoms with van der Waals surface area (Å²) in [6.07, 6.45) is -4.09. The lowest BCUT2D eigenvalue weighted by atomic mass is 10.1. The summed E-state index contributed by atoms with van der Waals surface area (Å²) < 4.78 is 4.72. The monoisotopic (exact) mass is 264 g/mol. The van der Waals surface area contributed by atoms with Crippen LogP contribution in [0.15, 0.2) is 11.6 Å². The van der Waals surface area contributed by atoms with E-state index in [4.69, 9.17) is 9.84 Å². The average Bonchev–Trinajstić information content (AvgIpc) is 2.52. The molecule has 98 valence electrons. The van der Waals surface area contributed by atoms with Gasteiger partial charge in [-0.1, -0.05) is 11.6 Å². The first-order chi connectivity index (χ1) is 7.84. The first-order valence-electron chi connectivity index (χ1n) is 5.18. The highest BCUT2D eigenvalue weighted by molar-refractivity contribution is 7.70. The molecule has 1 fully saturated rings. The van der Waals surface area contributed by atoms with E-state index in [0.29, 0.717) is 0 Å². The molecule has 0 amide bonds. The minimum atomic E-state index is -1.97. The molecule has 0 spiro atoms. The third kappa shape index (κ3) is 3.55. The van der Waals surface area contributed by atoms with Crippen molar-refractivity contribution < 1.29 is 29.7 Å². The Labute approximate surface area is 100 Å². The highest BCUT2D eigenvalue weighted by atomic mass is 31.1. The molecule has 0 aromatic heterocycles. The summed E-state index contributed by atoms with van der Waals surface area (Å²) in [5.41, 5.74) is 0.285. The van der Waals surface area contributed by atoms with Crippen molar-refractivity contribution in [2.45, 2.75) is 38.4 Å². The average molecular weight is 264 g/mol. The zero-order chi connectivity index (χ0) is 13.2. The van der Waals surface area contributed by atoms with Crippen LogP contribution in [-0.4, -0.2) is 56.5 Å². The van der Waals surface area contributed by atoms with E-state index in [1.165, 1.54) is 0 Å². The Balaban J connectivity index is 2.61. The number of hydrogen-bond donors (Lipinski definition) is 4. The second-order valence-electron chi connectivity index (χ2n) is 4.13. The van der Waals surface area contributed by atoms with Crippen LogP contribution in [0.1, 0.15) is 13.8 Å². The molecule has 6 nitrogen and oxygen atoms in total. The van der Waals surface area contributed by atoms with E-state index >= 15 is 0 Å². The Morgan fingerprint density at radius 1 is 1.29 bits per heavy atom. The normalized spacial score (nSPS) is 34.5. The molecule has 0 aromatic carbocycles. The van der Waals surface area contributed by atoms with Gasteiger partial charge in [-0.25, -0.2) is 0 Å². The number of hydrogen-bond acceptors (Lipinski definition) is 6. The fourth-order valence-electron chi connectivity index (χ4n) is 1.37. The molecule has 1 rings (SSSR count). The molecule has 1 aliphatic rings. The number of rotatable bonds is 4. The zero-order valence-electron chi connectivity index (χ0n) is 9.65. The van der Waals surface area contributed by atoms with E-state index in [9.17, 15) is 19.9 Å². The van der Waals surface area contributed by atoms with Gasteiger partial charge >= 0.3 is 0 Å². The number of ether oxygens (including phenoxy) is 1. The molecule has 4 N–H and O–H groups in total. The minimum absolute atomic E-state index is 0.176. The van der Waals surface area contributed by atoms with Crippen LogP contribution in [0.25, 0.3) is 0 Å². The van der Waals surface area contributed by atoms with Gasteiger partial charge in [-0.2, -0.15) is 0 Å². The zero-order valence-corrected chi connectivity index (χ0v) is 10.5. The summed E-state index contributed by atoms with van der Waals surface area (Å²) in [6, 6.07) is 0. The number of carbonyl (C=O) groups excluding carboxylic acids is 1. The summed E-state index contributed by atoms with van der Waals surface area (Å²) in [5.74, 6) is 0. The Hall–Kier alpha value is -0.360. The molecule has 0 aromatic rings. The Morgan fingerprint density at radius 3 is 2.29 bits per heavy atom. The van der Waals surface area contributed by atoms with Crippen LogP contribution in [0.5, 0.6) is 0 Å². The summed E-state index contributed by atoms with van der Waals surface area (Å²) >= 11 is 0. The highest BCUT2D eigenvalue weighted by Crippen LogP contribution is 2.37. The predicted octanol–water partition coefficient (Wildman–Crippen LogP) is -0.693. The third-order valence-electron chi connectivity index (χ3n) is 2.41. The van der Waals surface area contributed by atoms with Crippen molar-refractivity contribution >= 4 is 13.7 Å². The van der Waals surface area contributed by atoms with Crippen molar-refractivity contribution in [1.82, 2.24) is 0 Å². The van der Waals surface area contributed by atoms with Crippen LogP contribution in [0.2, 0.25) is 0 Å². The molecule has 0 bridgehead atoms. The Morgan fingerprint density at radius 2 is 1.88 bits per heavy atom. The van der Waals surface area contributed by atoms with Crippen molar-refractivity contribution in [2.24, 2.45) is 0 Å². The largest absolute Gasteiger partial charge is 0.387 e. The topological polar surface area (TPSA) is 107 Å². The maximum Gasteiger partial charge on any atom is 0.213 e. The maximum absolute atomic E-state index is 11.7. The molecule has 0 saturated carbocycles. The highest BCUT2D eigenvalue weighted by Gasteiger charge is 2.47. The molecule has 5 atom stereocenters. The standard InChI is InChI=1S/C10H17O6P/c1-5(2)3-4-17(15)10(14)8-6(11)7(12)9(13)16-8/h3,6-9,11-13,15H,4H2,1-2H3/t6-,7+,8-,9+,17?/m0/s1. The fraction of sp³-hybridized carbons (Fsp3) is 0.700. The number of allylic oxidation sites excluding steroid dienone is 2. The molecule has 1 saturated heterocycles. The van der Waals surface area contributed by atoms with Crippen LogP contribution in [0, 0.1) is 0 Å². The molecule has 1 unspecified atom stereocenters. The van der Waals surface area contributed by atoms with Crippen LogP contribution >= 0.6 is 8.15 Å². The van der Waals surface area contributed by atoms with E-state index in [1.54, 1.807) is 6.08 Å². The van der Waals surface area contributed by atoms with Gasteiger partial charge in [0.15, 0.2) is 12.4 Å². The number of aliphatic hydroxyl groups is 3. The molecular weight excluding hydrogens is 247 g/mol. The van der Waals surface area contributed by atoms with Gasteiger partial charge in [0, 0.05) is 6.16 Å². The first-order valence-corrected chi connectivity index (χ1v) is 6.66. The summed E-state index contributed by atoms with van der Waals surface area (Å²) in [6.45, 7) is 3.67. The molecule has 0 radical (unpaired) electrons. The Kier molecular flexibility index (Phi) is 5.19. The lowest BCUT2D eigenvalue weighted by Crippen LogP contribution is -2.35. The lowest BCUT2D eigenvalue weighted by Gasteiger charge is -2.15. The summed E-state index contributed by atoms with van der Waals surface area (Å²) in [7, 11) is -1.97. The molecule has 0 aliphatic carbocycles. The van der Waals surface area contributed by atoms with E-state index in [0.717, 1.165) is 5.57 Å². The van der Waals surface area contributed by atoms with Crippen LogP contribution < -0.4 is 0 Å². The van der Waals surface area contributed by atoms with Crippen LogP contribution in [-0.2, 0) is 9.53 Å². The predicted molar refractivity (Wildman–Crippen MR) is 61.3 cm³/mol. The van der Waals surface area contributed by atoms with Crippen molar-refractivity contribution in [2.75, 3.05) is 6.16 Å². The van der Waals surface area contributed by atoms with Crippen molar-refractivity contribution in [3.63, 3.8) is 0 Å². The summed E-state index contributed by atoms with van der Waals surface area (Å²) in [4.78, 5) is 21.3. The van der Waals surface area contributed by atoms with Gasteiger partial charge < -0.3 is 24.9 Å². The lowest BCUT2D eigenvalue weighted by molar-refractivity contribution is -0.143. The SMILES string of the molecule is CC(C)=CCP(O)C(=O)[C@H]1O[C@@H](O)[C@H](O)[C@@H]1O. The second kappa shape index (κ2) is 6.00. The van der Waals surface area contributed by atoms with Gasteiger partial charge in [-0.3, -0.25) is 4.79 Å². The maximum atomic E-state index is 11.7. The van der Waals surface area contributed by atoms with Gasteiger partial charge in [0.05, 0.1) is 0 Å². The molecule has 1 heterocycles. The smallest absolute Gasteiger partial charge is 0.213 e. The third-order valence-corrected chi connectivity index (χ3v) is 3.70. The number of carbonyl (C=O) groups is 1. The Bertz CT molecular complexity index is 314. The second-order valence-corrected chi connectivity index (χ2v) is 5.74. The van der Waals surface area contributed by atoms with Gasteiger partial charge in [-0.05, 0) is 13.8 Å². The quantitative estimate of drug-likeness (QED) is 0.395. The minimum Gasteiger partial charge on any atom is -0.387 e. The van der Waals surface area contributed by atoms with Crippen LogP contribution in [0.3, 0.4) is 0 Å². The number of aliphatic hydroxyl groups excluding tert-OH is 3. The van der Waals surface area contributed by atoms with E-state index in [2.05, 4.69) is 0 Å². The molecular formula is C10H17O6P. The van der Waals surface area contributed by atoms with Crippen molar-refractivity contribution in [3.8, 4) is 0 Å². The van der Waals surface area contributed by atoms with Crippen LogP contribution in [0.4, 0.5) is 0 Å². The van der Waals surface area contributed by atoms with Gasteiger partial charge in [-0.15, -0.1) is 0 Å². The van der Waals surface area contributed by atoms with Crippen molar-refractivity contribution in [1.29, 1.82) is 0 Å². The molecule has 17 heavy (non-hydrogen) atoms. The summed E-state index contributed by atoms with van der Waals surface area (Å²) in [5, 5.41) is 27.8. The van der Waals surface area contributed by atoms with Gasteiger partial charge in [0.2, 0.25) is 5.52 Å². The van der Waals surface area contributed by atoms with E-state index in [-0.39, 0.29) is 6.16 Å². The molecule has 1 aliphatic heterocycles. The van der Waals surface area contributed by atoms with Gasteiger partial charge in [0.25, 0.3) is 0 Å². The fourth-order valence-corrected chi connectivity index (χ4v) is 2.59. The van der Waals surface area contributed by atoms with Gasteiger partial charge in [0.1, 0.15) is 20.4 Å². The molecule has 7 heteroatoms. The van der Waals surface area contributed by atoms with E-state index in [1.807, 2.05) is 13.8 Å². The first kappa shape index (κ1) is 14.7. The van der Waals surface area contributed by atoms with Crippen molar-refractivity contribution in [3.05, 3.63) is 11.6 Å². The van der Waals surface area contributed by atoms with E-state index < -0.39 is 38.3 Å².